The average molecular weight is 1020 g/mol. The van der Waals surface area contributed by atoms with Crippen molar-refractivity contribution in [3.8, 4) is 0 Å². The molecule has 0 aromatic carbocycles. The van der Waals surface area contributed by atoms with Gasteiger partial charge in [0.05, 0.1) is 0 Å². The van der Waals surface area contributed by atoms with E-state index in [1.54, 1.807) is 0 Å². The Morgan fingerprint density at radius 2 is 0.534 bits per heavy atom. The van der Waals surface area contributed by atoms with Crippen molar-refractivity contribution < 1.29 is 28.6 Å². The summed E-state index contributed by atoms with van der Waals surface area (Å²) in [6.07, 6.45) is 79.0. The number of hydrogen-bond donors (Lipinski definition) is 0. The van der Waals surface area contributed by atoms with Crippen LogP contribution >= 0.6 is 0 Å². The summed E-state index contributed by atoms with van der Waals surface area (Å²) in [4.78, 5) is 38.3. The Bertz CT molecular complexity index is 1360. The van der Waals surface area contributed by atoms with Crippen LogP contribution in [0.5, 0.6) is 0 Å². The normalized spacial score (nSPS) is 12.5. The lowest BCUT2D eigenvalue weighted by atomic mass is 10.0. The monoisotopic (exact) mass is 1020 g/mol. The largest absolute Gasteiger partial charge is 0.462 e. The highest BCUT2D eigenvalue weighted by molar-refractivity contribution is 5.71. The van der Waals surface area contributed by atoms with E-state index in [4.69, 9.17) is 14.2 Å². The van der Waals surface area contributed by atoms with Crippen molar-refractivity contribution in [1.29, 1.82) is 0 Å². The molecule has 73 heavy (non-hydrogen) atoms. The Balaban J connectivity index is 4.38. The Hall–Kier alpha value is -3.15. The van der Waals surface area contributed by atoms with Gasteiger partial charge in [-0.05, 0) is 89.9 Å². The van der Waals surface area contributed by atoms with E-state index in [0.29, 0.717) is 19.3 Å². The molecule has 0 unspecified atom stereocenters. The molecular weight excluding hydrogens is 901 g/mol. The molecule has 0 bridgehead atoms. The average Bonchev–Trinajstić information content (AvgIpc) is 3.39. The van der Waals surface area contributed by atoms with Gasteiger partial charge in [-0.25, -0.2) is 0 Å². The number of rotatable bonds is 57. The first-order valence-electron chi connectivity index (χ1n) is 31.4. The van der Waals surface area contributed by atoms with E-state index in [9.17, 15) is 14.4 Å². The number of esters is 3. The molecule has 0 heterocycles. The van der Waals surface area contributed by atoms with Gasteiger partial charge in [0, 0.05) is 19.3 Å². The topological polar surface area (TPSA) is 78.9 Å². The predicted molar refractivity (Wildman–Crippen MR) is 316 cm³/mol. The molecule has 0 rings (SSSR count). The van der Waals surface area contributed by atoms with Gasteiger partial charge in [-0.15, -0.1) is 0 Å². The van der Waals surface area contributed by atoms with Crippen LogP contribution in [0.3, 0.4) is 0 Å². The number of carbonyl (C=O) groups is 3. The Morgan fingerprint density at radius 1 is 0.288 bits per heavy atom. The molecule has 6 heteroatoms. The Morgan fingerprint density at radius 3 is 0.863 bits per heavy atom. The molecule has 1 atom stereocenters. The van der Waals surface area contributed by atoms with Crippen molar-refractivity contribution in [2.75, 3.05) is 13.2 Å². The van der Waals surface area contributed by atoms with Gasteiger partial charge in [-0.2, -0.15) is 0 Å². The van der Waals surface area contributed by atoms with Gasteiger partial charge < -0.3 is 14.2 Å². The molecule has 0 aliphatic heterocycles. The van der Waals surface area contributed by atoms with Crippen molar-refractivity contribution in [2.24, 2.45) is 0 Å². The maximum absolute atomic E-state index is 12.9. The second kappa shape index (κ2) is 61.4. The van der Waals surface area contributed by atoms with E-state index in [2.05, 4.69) is 93.7 Å². The molecule has 0 spiro atoms. The lowest BCUT2D eigenvalue weighted by molar-refractivity contribution is -0.167. The van der Waals surface area contributed by atoms with Crippen LogP contribution in [-0.4, -0.2) is 37.2 Å². The third-order valence-corrected chi connectivity index (χ3v) is 13.7. The summed E-state index contributed by atoms with van der Waals surface area (Å²) < 4.78 is 16.9. The van der Waals surface area contributed by atoms with Crippen molar-refractivity contribution in [3.63, 3.8) is 0 Å². The number of carbonyl (C=O) groups excluding carboxylic acids is 3. The predicted octanol–water partition coefficient (Wildman–Crippen LogP) is 21.3. The van der Waals surface area contributed by atoms with Crippen molar-refractivity contribution >= 4 is 17.9 Å². The molecule has 422 valence electrons. The summed E-state index contributed by atoms with van der Waals surface area (Å²) in [6.45, 7) is 6.52. The van der Waals surface area contributed by atoms with Gasteiger partial charge in [0.15, 0.2) is 6.10 Å². The maximum atomic E-state index is 12.9. The first-order valence-corrected chi connectivity index (χ1v) is 31.4. The summed E-state index contributed by atoms with van der Waals surface area (Å²) in [7, 11) is 0. The van der Waals surface area contributed by atoms with Crippen LogP contribution in [0.15, 0.2) is 72.9 Å². The summed E-state index contributed by atoms with van der Waals surface area (Å²) in [5.41, 5.74) is 0. The molecule has 0 aromatic rings. The zero-order valence-electron chi connectivity index (χ0n) is 48.4. The molecule has 0 saturated carbocycles. The fourth-order valence-electron chi connectivity index (χ4n) is 9.00. The van der Waals surface area contributed by atoms with Crippen LogP contribution < -0.4 is 0 Å². The van der Waals surface area contributed by atoms with E-state index in [-0.39, 0.29) is 31.1 Å². The van der Waals surface area contributed by atoms with Crippen LogP contribution in [0.25, 0.3) is 0 Å². The lowest BCUT2D eigenvalue weighted by Gasteiger charge is -2.18. The van der Waals surface area contributed by atoms with Crippen molar-refractivity contribution in [2.45, 2.75) is 322 Å². The molecule has 0 amide bonds. The first kappa shape index (κ1) is 69.8. The lowest BCUT2D eigenvalue weighted by Crippen LogP contribution is -2.30. The van der Waals surface area contributed by atoms with Crippen LogP contribution in [0.1, 0.15) is 316 Å². The number of ether oxygens (including phenoxy) is 3. The van der Waals surface area contributed by atoms with Gasteiger partial charge in [0.2, 0.25) is 0 Å². The van der Waals surface area contributed by atoms with Crippen LogP contribution in [0.2, 0.25) is 0 Å². The third-order valence-electron chi connectivity index (χ3n) is 13.7. The molecule has 0 aliphatic carbocycles. The number of allylic oxidation sites excluding steroid dienone is 12. The SMILES string of the molecule is CC/C=C\C/C=C\C/C=C\C/C=C\CCCCCCC(=O)OC[C@H](COC(=O)CCCCCCCCCCCCCCCCCCCCCCC)OC(=O)CCCCCCCCC/C=C\C/C=C\CCCCC. The summed E-state index contributed by atoms with van der Waals surface area (Å²) in [6, 6.07) is 0. The van der Waals surface area contributed by atoms with E-state index in [0.717, 1.165) is 109 Å². The molecule has 0 saturated heterocycles. The smallest absolute Gasteiger partial charge is 0.306 e. The molecule has 6 nitrogen and oxygen atoms in total. The van der Waals surface area contributed by atoms with E-state index < -0.39 is 6.10 Å². The van der Waals surface area contributed by atoms with Gasteiger partial charge in [0.1, 0.15) is 13.2 Å². The van der Waals surface area contributed by atoms with Crippen molar-refractivity contribution in [1.82, 2.24) is 0 Å². The maximum Gasteiger partial charge on any atom is 0.306 e. The molecule has 0 fully saturated rings. The highest BCUT2D eigenvalue weighted by Gasteiger charge is 2.19. The second-order valence-corrected chi connectivity index (χ2v) is 20.9. The molecule has 0 radical (unpaired) electrons. The zero-order chi connectivity index (χ0) is 52.9. The standard InChI is InChI=1S/C67H118O6/c1-4-7-10-13-16-19-22-25-28-31-32-33-34-37-39-42-45-48-51-54-57-60-66(69)72-63-64(73-67(70)61-58-55-52-49-46-43-40-36-30-27-24-21-18-15-12-9-6-3)62-71-65(68)59-56-53-50-47-44-41-38-35-29-26-23-20-17-14-11-8-5-2/h8,11,17-18,20-21,26-27,29-30,38,41,64H,4-7,9-10,12-16,19,22-25,28,31-37,39-40,42-63H2,1-3H3/b11-8-,20-17-,21-18-,29-26-,30-27-,41-38-/t64-/m1/s1. The summed E-state index contributed by atoms with van der Waals surface area (Å²) in [5, 5.41) is 0. The van der Waals surface area contributed by atoms with Gasteiger partial charge in [0.25, 0.3) is 0 Å². The fourth-order valence-corrected chi connectivity index (χ4v) is 9.00. The van der Waals surface area contributed by atoms with Crippen LogP contribution in [-0.2, 0) is 28.6 Å². The third kappa shape index (κ3) is 59.6. The van der Waals surface area contributed by atoms with Gasteiger partial charge in [-0.1, -0.05) is 280 Å². The van der Waals surface area contributed by atoms with E-state index >= 15 is 0 Å². The Labute approximate surface area is 453 Å². The fraction of sp³-hybridized carbons (Fsp3) is 0.776. The molecule has 0 aromatic heterocycles. The zero-order valence-corrected chi connectivity index (χ0v) is 48.4. The van der Waals surface area contributed by atoms with Crippen LogP contribution in [0.4, 0.5) is 0 Å². The Kier molecular flexibility index (Phi) is 58.7. The number of unbranched alkanes of at least 4 members (excludes halogenated alkanes) is 34. The quantitative estimate of drug-likeness (QED) is 0.0261. The highest BCUT2D eigenvalue weighted by atomic mass is 16.6. The second-order valence-electron chi connectivity index (χ2n) is 20.9. The summed E-state index contributed by atoms with van der Waals surface area (Å²) >= 11 is 0. The minimum absolute atomic E-state index is 0.0840. The van der Waals surface area contributed by atoms with Gasteiger partial charge >= 0.3 is 17.9 Å². The first-order chi connectivity index (χ1) is 36.0. The minimum atomic E-state index is -0.790. The van der Waals surface area contributed by atoms with Crippen molar-refractivity contribution in [3.05, 3.63) is 72.9 Å². The molecule has 0 aliphatic rings. The highest BCUT2D eigenvalue weighted by Crippen LogP contribution is 2.17. The minimum Gasteiger partial charge on any atom is -0.462 e. The van der Waals surface area contributed by atoms with E-state index in [1.165, 1.54) is 167 Å². The van der Waals surface area contributed by atoms with Crippen LogP contribution in [0, 0.1) is 0 Å². The summed E-state index contributed by atoms with van der Waals surface area (Å²) in [5.74, 6) is -0.902. The molecule has 0 N–H and O–H groups in total. The van der Waals surface area contributed by atoms with Gasteiger partial charge in [-0.3, -0.25) is 14.4 Å². The number of hydrogen-bond acceptors (Lipinski definition) is 6. The van der Waals surface area contributed by atoms with E-state index in [1.807, 2.05) is 0 Å². The molecular formula is C67H118O6.